The fourth-order valence-electron chi connectivity index (χ4n) is 1.46. The molecule has 0 atom stereocenters. The zero-order valence-electron chi connectivity index (χ0n) is 12.2. The standard InChI is InChI=1S/C16H14.3CO.Ru/c1-3-9-15(10-4-1)13-7-8-14-16-11-5-2-6-12-16;3*1-2;/h1-14H;;;;. The van der Waals surface area contributed by atoms with Crippen molar-refractivity contribution < 1.29 is 33.4 Å². The van der Waals surface area contributed by atoms with E-state index in [4.69, 9.17) is 14.0 Å². The number of unbranched alkanes of at least 4 members (excludes halogenated alkanes) is 1. The van der Waals surface area contributed by atoms with E-state index >= 15 is 0 Å². The largest absolute Gasteiger partial charge is 0.0622 e. The average Bonchev–Trinajstić information content (AvgIpc) is 2.66. The molecule has 2 aromatic rings. The van der Waals surface area contributed by atoms with E-state index in [9.17, 15) is 0 Å². The van der Waals surface area contributed by atoms with E-state index in [2.05, 4.69) is 69.9 Å². The summed E-state index contributed by atoms with van der Waals surface area (Å²) in [7, 11) is 0. The summed E-state index contributed by atoms with van der Waals surface area (Å²) in [4.78, 5) is 0. The first kappa shape index (κ1) is 26.2. The van der Waals surface area contributed by atoms with E-state index in [0.717, 1.165) is 0 Å². The number of hydrogen-bond acceptors (Lipinski definition) is 0. The molecule has 0 aliphatic heterocycles. The third-order valence-corrected chi connectivity index (χ3v) is 2.29. The van der Waals surface area contributed by atoms with Crippen LogP contribution in [0.2, 0.25) is 0 Å². The maximum absolute atomic E-state index is 7.50. The predicted molar refractivity (Wildman–Crippen MR) is 80.1 cm³/mol. The Morgan fingerprint density at radius 3 is 1.04 bits per heavy atom. The summed E-state index contributed by atoms with van der Waals surface area (Å²) in [6, 6.07) is 20.6. The van der Waals surface area contributed by atoms with Crippen LogP contribution in [0.25, 0.3) is 0 Å². The van der Waals surface area contributed by atoms with Crippen LogP contribution in [0.1, 0.15) is 11.1 Å². The molecule has 0 spiro atoms. The second-order valence-corrected chi connectivity index (χ2v) is 3.54. The summed E-state index contributed by atoms with van der Waals surface area (Å²) in [5.41, 5.74) is 2.44. The van der Waals surface area contributed by atoms with E-state index in [1.807, 2.05) is 36.4 Å². The van der Waals surface area contributed by atoms with Gasteiger partial charge in [0.1, 0.15) is 0 Å². The second kappa shape index (κ2) is 22.6. The number of hydrogen-bond donors (Lipinski definition) is 0. The molecule has 0 bridgehead atoms. The van der Waals surface area contributed by atoms with Gasteiger partial charge in [-0.05, 0) is 36.8 Å². The van der Waals surface area contributed by atoms with Gasteiger partial charge in [0.25, 0.3) is 0 Å². The van der Waals surface area contributed by atoms with E-state index < -0.39 is 0 Å². The van der Waals surface area contributed by atoms with Crippen molar-refractivity contribution in [3.63, 3.8) is 0 Å². The zero-order chi connectivity index (χ0) is 17.1. The van der Waals surface area contributed by atoms with Gasteiger partial charge in [-0.1, -0.05) is 60.7 Å². The van der Waals surface area contributed by atoms with Gasteiger partial charge in [-0.3, -0.25) is 0 Å². The van der Waals surface area contributed by atoms with Crippen LogP contribution in [-0.4, -0.2) is 0 Å². The van der Waals surface area contributed by atoms with Crippen molar-refractivity contribution in [2.75, 3.05) is 0 Å². The molecule has 23 heavy (non-hydrogen) atoms. The summed E-state index contributed by atoms with van der Waals surface area (Å²) in [6.45, 7) is 13.5. The Labute approximate surface area is 151 Å². The molecule has 2 rings (SSSR count). The van der Waals surface area contributed by atoms with Crippen molar-refractivity contribution in [2.24, 2.45) is 0 Å². The molecule has 4 heteroatoms. The zero-order valence-corrected chi connectivity index (χ0v) is 13.9. The van der Waals surface area contributed by atoms with Gasteiger partial charge in [0.15, 0.2) is 0 Å². The van der Waals surface area contributed by atoms with Crippen LogP contribution in [0.4, 0.5) is 0 Å². The van der Waals surface area contributed by atoms with E-state index in [0.29, 0.717) is 0 Å². The Morgan fingerprint density at radius 2 is 0.783 bits per heavy atom. The van der Waals surface area contributed by atoms with Crippen molar-refractivity contribution in [3.8, 4) is 0 Å². The number of benzene rings is 2. The molecule has 0 unspecified atom stereocenters. The molecule has 4 radical (unpaired) electrons. The molecule has 0 aliphatic rings. The van der Waals surface area contributed by atoms with Crippen LogP contribution in [0.3, 0.4) is 0 Å². The van der Waals surface area contributed by atoms with Crippen molar-refractivity contribution in [1.29, 1.82) is 0 Å². The first-order valence-corrected chi connectivity index (χ1v) is 6.01. The maximum atomic E-state index is 7.50. The molecule has 0 saturated heterocycles. The Balaban J connectivity index is -0.000000514. The monoisotopic (exact) mass is 392 g/mol. The Kier molecular flexibility index (Phi) is 25.7. The predicted octanol–water partition coefficient (Wildman–Crippen LogP) is 3.79. The van der Waals surface area contributed by atoms with Gasteiger partial charge in [0.05, 0.1) is 0 Å². The molecule has 0 amide bonds. The smallest absolute Gasteiger partial charge is 0 e. The minimum atomic E-state index is 0. The summed E-state index contributed by atoms with van der Waals surface area (Å²) < 4.78 is 22.5. The van der Waals surface area contributed by atoms with Crippen molar-refractivity contribution in [2.45, 2.75) is 0 Å². The summed E-state index contributed by atoms with van der Waals surface area (Å²) >= 11 is 0. The van der Waals surface area contributed by atoms with Crippen LogP contribution in [0, 0.1) is 45.6 Å². The van der Waals surface area contributed by atoms with Gasteiger partial charge in [-0.2, -0.15) is 0 Å². The average molecular weight is 391 g/mol. The van der Waals surface area contributed by atoms with Crippen molar-refractivity contribution in [3.05, 3.63) is 117 Å². The van der Waals surface area contributed by atoms with Crippen molar-refractivity contribution in [1.82, 2.24) is 0 Å². The Bertz CT molecular complexity index is 463. The molecule has 0 saturated carbocycles. The van der Waals surface area contributed by atoms with Crippen molar-refractivity contribution >= 4 is 0 Å². The molecule has 0 heterocycles. The molecule has 0 aromatic heterocycles. The van der Waals surface area contributed by atoms with Gasteiger partial charge in [0.2, 0.25) is 0 Å². The topological polar surface area (TPSA) is 59.7 Å². The number of rotatable bonds is 5. The normalized spacial score (nSPS) is 7.39. The summed E-state index contributed by atoms with van der Waals surface area (Å²) in [5.74, 6) is 0. The van der Waals surface area contributed by atoms with Gasteiger partial charge >= 0.3 is 33.9 Å². The van der Waals surface area contributed by atoms with E-state index in [-0.39, 0.29) is 19.5 Å². The van der Waals surface area contributed by atoms with Crippen LogP contribution in [0.15, 0.2) is 60.7 Å². The van der Waals surface area contributed by atoms with E-state index in [1.54, 1.807) is 0 Å². The molecular weight excluding hydrogens is 377 g/mol. The SMILES string of the molecule is [C-]#[O+].[C-]#[O+].[C-]#[O+].[CH]([CH][CH]c1ccccc1)[CH]c1ccccc1.[Ru]. The van der Waals surface area contributed by atoms with Crippen LogP contribution in [-0.2, 0) is 33.4 Å². The minimum Gasteiger partial charge on any atom is -0.0622 e. The summed E-state index contributed by atoms with van der Waals surface area (Å²) in [6.07, 6.45) is 8.31. The molecular formula is C19H14O3Ru. The molecule has 3 nitrogen and oxygen atoms in total. The van der Waals surface area contributed by atoms with Gasteiger partial charge in [-0.25, -0.2) is 0 Å². The van der Waals surface area contributed by atoms with Gasteiger partial charge < -0.3 is 0 Å². The first-order chi connectivity index (χ1) is 10.9. The third-order valence-electron chi connectivity index (χ3n) is 2.29. The van der Waals surface area contributed by atoms with E-state index in [1.165, 1.54) is 11.1 Å². The fraction of sp³-hybridized carbons (Fsp3) is 0. The molecule has 0 N–H and O–H groups in total. The molecule has 116 valence electrons. The fourth-order valence-corrected chi connectivity index (χ4v) is 1.46. The third kappa shape index (κ3) is 15.0. The maximum Gasteiger partial charge on any atom is 0 e. The van der Waals surface area contributed by atoms with Gasteiger partial charge in [-0.15, -0.1) is 0 Å². The second-order valence-electron chi connectivity index (χ2n) is 3.54. The molecule has 0 fully saturated rings. The first-order valence-electron chi connectivity index (χ1n) is 6.01. The quantitative estimate of drug-likeness (QED) is 0.322. The Hall–Kier alpha value is -1.72. The molecule has 0 aliphatic carbocycles. The minimum absolute atomic E-state index is 0. The van der Waals surface area contributed by atoms with Gasteiger partial charge in [0, 0.05) is 19.5 Å². The van der Waals surface area contributed by atoms with Crippen LogP contribution >= 0.6 is 0 Å². The Morgan fingerprint density at radius 1 is 0.522 bits per heavy atom. The van der Waals surface area contributed by atoms with Crippen LogP contribution in [0.5, 0.6) is 0 Å². The molecule has 2 aromatic carbocycles. The van der Waals surface area contributed by atoms with Crippen LogP contribution < -0.4 is 0 Å². The summed E-state index contributed by atoms with van der Waals surface area (Å²) in [5, 5.41) is 0.